The average molecular weight is 156 g/mol. The SMILES string of the molecule is CCCC(C)(C)C(C)C(C)=O. The van der Waals surface area contributed by atoms with Crippen LogP contribution in [-0.4, -0.2) is 5.78 Å². The minimum Gasteiger partial charge on any atom is -0.300 e. The molecule has 0 aromatic heterocycles. The molecule has 0 heterocycles. The molecule has 0 aromatic rings. The first-order chi connectivity index (χ1) is 4.91. The van der Waals surface area contributed by atoms with Gasteiger partial charge in [0.25, 0.3) is 0 Å². The van der Waals surface area contributed by atoms with Crippen LogP contribution in [0.3, 0.4) is 0 Å². The van der Waals surface area contributed by atoms with E-state index >= 15 is 0 Å². The Morgan fingerprint density at radius 1 is 1.45 bits per heavy atom. The molecule has 0 radical (unpaired) electrons. The lowest BCUT2D eigenvalue weighted by atomic mass is 9.75. The molecule has 1 nitrogen and oxygen atoms in total. The van der Waals surface area contributed by atoms with Crippen molar-refractivity contribution in [1.82, 2.24) is 0 Å². The fraction of sp³-hybridized carbons (Fsp3) is 0.900. The molecule has 0 rings (SSSR count). The lowest BCUT2D eigenvalue weighted by molar-refractivity contribution is -0.123. The smallest absolute Gasteiger partial charge is 0.133 e. The van der Waals surface area contributed by atoms with Crippen molar-refractivity contribution in [1.29, 1.82) is 0 Å². The second-order valence-corrected chi connectivity index (χ2v) is 4.07. The molecule has 0 aliphatic rings. The van der Waals surface area contributed by atoms with E-state index < -0.39 is 0 Å². The molecule has 0 amide bonds. The summed E-state index contributed by atoms with van der Waals surface area (Å²) >= 11 is 0. The molecule has 11 heavy (non-hydrogen) atoms. The lowest BCUT2D eigenvalue weighted by Crippen LogP contribution is -2.26. The minimum atomic E-state index is 0.181. The fourth-order valence-corrected chi connectivity index (χ4v) is 1.41. The predicted octanol–water partition coefficient (Wildman–Crippen LogP) is 3.04. The van der Waals surface area contributed by atoms with E-state index in [2.05, 4.69) is 20.8 Å². The number of hydrogen-bond acceptors (Lipinski definition) is 1. The van der Waals surface area contributed by atoms with Gasteiger partial charge in [0.15, 0.2) is 0 Å². The van der Waals surface area contributed by atoms with Crippen molar-refractivity contribution >= 4 is 5.78 Å². The maximum Gasteiger partial charge on any atom is 0.133 e. The van der Waals surface area contributed by atoms with E-state index in [0.29, 0.717) is 5.78 Å². The first kappa shape index (κ1) is 10.7. The molecule has 1 atom stereocenters. The number of carbonyl (C=O) groups excluding carboxylic acids is 1. The Morgan fingerprint density at radius 3 is 2.18 bits per heavy atom. The van der Waals surface area contributed by atoms with Gasteiger partial charge in [0.05, 0.1) is 0 Å². The second-order valence-electron chi connectivity index (χ2n) is 4.07. The van der Waals surface area contributed by atoms with Gasteiger partial charge in [-0.2, -0.15) is 0 Å². The summed E-state index contributed by atoms with van der Waals surface area (Å²) in [6.45, 7) is 10.2. The highest BCUT2D eigenvalue weighted by Gasteiger charge is 2.27. The molecule has 0 saturated heterocycles. The van der Waals surface area contributed by atoms with E-state index in [1.807, 2.05) is 6.92 Å². The van der Waals surface area contributed by atoms with Gasteiger partial charge >= 0.3 is 0 Å². The van der Waals surface area contributed by atoms with Crippen LogP contribution in [0.5, 0.6) is 0 Å². The summed E-state index contributed by atoms with van der Waals surface area (Å²) in [6.07, 6.45) is 2.29. The molecule has 66 valence electrons. The van der Waals surface area contributed by atoms with Crippen LogP contribution in [-0.2, 0) is 4.79 Å². The van der Waals surface area contributed by atoms with Crippen LogP contribution in [0.25, 0.3) is 0 Å². The molecule has 1 heteroatoms. The minimum absolute atomic E-state index is 0.181. The van der Waals surface area contributed by atoms with Gasteiger partial charge in [0.1, 0.15) is 5.78 Å². The Bertz CT molecular complexity index is 136. The summed E-state index contributed by atoms with van der Waals surface area (Å²) in [7, 11) is 0. The highest BCUT2D eigenvalue weighted by Crippen LogP contribution is 2.31. The van der Waals surface area contributed by atoms with Gasteiger partial charge in [-0.3, -0.25) is 4.79 Å². The van der Waals surface area contributed by atoms with Crippen LogP contribution in [0, 0.1) is 11.3 Å². The van der Waals surface area contributed by atoms with E-state index in [1.54, 1.807) is 6.92 Å². The number of carbonyl (C=O) groups is 1. The van der Waals surface area contributed by atoms with Crippen LogP contribution >= 0.6 is 0 Å². The van der Waals surface area contributed by atoms with Gasteiger partial charge in [-0.05, 0) is 18.8 Å². The topological polar surface area (TPSA) is 17.1 Å². The van der Waals surface area contributed by atoms with Crippen LogP contribution in [0.4, 0.5) is 0 Å². The highest BCUT2D eigenvalue weighted by atomic mass is 16.1. The van der Waals surface area contributed by atoms with Gasteiger partial charge in [-0.15, -0.1) is 0 Å². The molecular weight excluding hydrogens is 136 g/mol. The Hall–Kier alpha value is -0.330. The van der Waals surface area contributed by atoms with E-state index in [0.717, 1.165) is 12.8 Å². The average Bonchev–Trinajstić information content (AvgIpc) is 1.86. The van der Waals surface area contributed by atoms with Crippen molar-refractivity contribution in [2.45, 2.75) is 47.5 Å². The highest BCUT2D eigenvalue weighted by molar-refractivity contribution is 5.78. The standard InChI is InChI=1S/C10H20O/c1-6-7-10(4,5)8(2)9(3)11/h8H,6-7H2,1-5H3. The molecule has 0 saturated carbocycles. The predicted molar refractivity (Wildman–Crippen MR) is 48.5 cm³/mol. The normalized spacial score (nSPS) is 14.6. The van der Waals surface area contributed by atoms with Gasteiger partial charge < -0.3 is 0 Å². The summed E-state index contributed by atoms with van der Waals surface area (Å²) in [5, 5.41) is 0. The third-order valence-corrected chi connectivity index (χ3v) is 2.68. The zero-order chi connectivity index (χ0) is 9.07. The first-order valence-corrected chi connectivity index (χ1v) is 4.42. The molecular formula is C10H20O. The number of ketones is 1. The van der Waals surface area contributed by atoms with E-state index in [9.17, 15) is 4.79 Å². The third-order valence-electron chi connectivity index (χ3n) is 2.68. The van der Waals surface area contributed by atoms with Crippen molar-refractivity contribution in [2.75, 3.05) is 0 Å². The second kappa shape index (κ2) is 3.89. The van der Waals surface area contributed by atoms with Gasteiger partial charge in [0.2, 0.25) is 0 Å². The Balaban J connectivity index is 4.16. The molecule has 0 aliphatic heterocycles. The largest absolute Gasteiger partial charge is 0.300 e. The molecule has 0 fully saturated rings. The van der Waals surface area contributed by atoms with Crippen LogP contribution in [0.2, 0.25) is 0 Å². The van der Waals surface area contributed by atoms with Gasteiger partial charge in [-0.1, -0.05) is 34.1 Å². The molecule has 0 N–H and O–H groups in total. The fourth-order valence-electron chi connectivity index (χ4n) is 1.41. The summed E-state index contributed by atoms with van der Waals surface area (Å²) < 4.78 is 0. The Morgan fingerprint density at radius 2 is 1.91 bits per heavy atom. The van der Waals surface area contributed by atoms with E-state index in [-0.39, 0.29) is 11.3 Å². The van der Waals surface area contributed by atoms with Crippen molar-refractivity contribution in [3.8, 4) is 0 Å². The number of rotatable bonds is 4. The van der Waals surface area contributed by atoms with Gasteiger partial charge in [-0.25, -0.2) is 0 Å². The zero-order valence-electron chi connectivity index (χ0n) is 8.40. The lowest BCUT2D eigenvalue weighted by Gasteiger charge is -2.29. The summed E-state index contributed by atoms with van der Waals surface area (Å²) in [5.74, 6) is 0.505. The summed E-state index contributed by atoms with van der Waals surface area (Å²) in [6, 6.07) is 0. The zero-order valence-corrected chi connectivity index (χ0v) is 8.40. The summed E-state index contributed by atoms with van der Waals surface area (Å²) in [4.78, 5) is 11.1. The van der Waals surface area contributed by atoms with Crippen LogP contribution < -0.4 is 0 Å². The Labute approximate surface area is 70.2 Å². The first-order valence-electron chi connectivity index (χ1n) is 4.42. The van der Waals surface area contributed by atoms with Crippen molar-refractivity contribution in [3.63, 3.8) is 0 Å². The van der Waals surface area contributed by atoms with Crippen molar-refractivity contribution < 1.29 is 4.79 Å². The number of Topliss-reactive ketones (excluding diaryl/α,β-unsaturated/α-hetero) is 1. The molecule has 0 aromatic carbocycles. The molecule has 0 aliphatic carbocycles. The van der Waals surface area contributed by atoms with Crippen LogP contribution in [0.15, 0.2) is 0 Å². The van der Waals surface area contributed by atoms with E-state index in [1.165, 1.54) is 0 Å². The monoisotopic (exact) mass is 156 g/mol. The molecule has 0 bridgehead atoms. The quantitative estimate of drug-likeness (QED) is 0.611. The van der Waals surface area contributed by atoms with Crippen LogP contribution in [0.1, 0.15) is 47.5 Å². The maximum absolute atomic E-state index is 11.1. The number of hydrogen-bond donors (Lipinski definition) is 0. The summed E-state index contributed by atoms with van der Waals surface area (Å²) in [5.41, 5.74) is 0.181. The van der Waals surface area contributed by atoms with Crippen molar-refractivity contribution in [3.05, 3.63) is 0 Å². The van der Waals surface area contributed by atoms with Gasteiger partial charge in [0, 0.05) is 5.92 Å². The van der Waals surface area contributed by atoms with E-state index in [4.69, 9.17) is 0 Å². The third kappa shape index (κ3) is 3.04. The maximum atomic E-state index is 11.1. The molecule has 1 unspecified atom stereocenters. The molecule has 0 spiro atoms. The van der Waals surface area contributed by atoms with Crippen molar-refractivity contribution in [2.24, 2.45) is 11.3 Å². The Kier molecular flexibility index (Phi) is 3.77.